The van der Waals surface area contributed by atoms with Crippen LogP contribution in [0, 0.1) is 18.6 Å². The van der Waals surface area contributed by atoms with Crippen LogP contribution in [0.4, 0.5) is 26.3 Å². The van der Waals surface area contributed by atoms with E-state index in [4.69, 9.17) is 18.5 Å². The van der Waals surface area contributed by atoms with Crippen molar-refractivity contribution >= 4 is 38.6 Å². The zero-order valence-electron chi connectivity index (χ0n) is 21.8. The molecule has 0 saturated heterocycles. The van der Waals surface area contributed by atoms with Crippen molar-refractivity contribution in [3.63, 3.8) is 0 Å². The molecule has 0 aliphatic rings. The van der Waals surface area contributed by atoms with E-state index in [1.165, 1.54) is 65.3 Å². The minimum Gasteiger partial charge on any atom is -0.430 e. The van der Waals surface area contributed by atoms with Crippen molar-refractivity contribution in [3.8, 4) is 44.5 Å². The van der Waals surface area contributed by atoms with E-state index in [1.54, 1.807) is 6.20 Å². The van der Waals surface area contributed by atoms with Crippen molar-refractivity contribution in [2.75, 3.05) is 0 Å². The molecule has 0 amide bonds. The molecular weight excluding hydrogens is 702 g/mol. The summed E-state index contributed by atoms with van der Waals surface area (Å²) in [7, 11) is 0. The first-order valence-electron chi connectivity index (χ1n) is 12.1. The molecule has 0 radical (unpaired) electrons. The molecule has 0 bridgehead atoms. The molecule has 4 heterocycles. The Balaban J connectivity index is 0.000000175. The maximum Gasteiger partial charge on any atom is 0.283 e. The molecule has 0 N–H and O–H groups in total. The molecule has 6 rings (SSSR count). The van der Waals surface area contributed by atoms with E-state index < -0.39 is 35.9 Å². The van der Waals surface area contributed by atoms with Crippen LogP contribution in [0.25, 0.3) is 22.6 Å². The Morgan fingerprint density at radius 2 is 1.20 bits per heavy atom. The van der Waals surface area contributed by atoms with E-state index in [2.05, 4.69) is 36.2 Å². The Labute approximate surface area is 260 Å². The average Bonchev–Trinajstić information content (AvgIpc) is 3.78. The highest BCUT2D eigenvalue weighted by atomic mass is 79.9. The predicted octanol–water partition coefficient (Wildman–Crippen LogP) is 10.4. The fraction of sp³-hybridized carbons (Fsp3) is 0.111. The molecule has 17 heteroatoms. The smallest absolute Gasteiger partial charge is 0.283 e. The molecule has 2 aromatic carbocycles. The molecule has 0 spiro atoms. The molecule has 44 heavy (non-hydrogen) atoms. The van der Waals surface area contributed by atoms with Crippen LogP contribution >= 0.6 is 38.6 Å². The van der Waals surface area contributed by atoms with Crippen molar-refractivity contribution in [1.82, 2.24) is 20.3 Å². The summed E-state index contributed by atoms with van der Waals surface area (Å²) in [6.45, 7) is 1.85. The third-order valence-corrected chi connectivity index (χ3v) is 7.54. The number of nitrogens with zero attached hydrogens (tertiary/aromatic N) is 4. The van der Waals surface area contributed by atoms with Crippen LogP contribution in [0.5, 0.6) is 21.9 Å². The number of rotatable bonds is 8. The summed E-state index contributed by atoms with van der Waals surface area (Å²) in [4.78, 5) is 8.91. The lowest BCUT2D eigenvalue weighted by Crippen LogP contribution is -1.90. The first-order valence-corrected chi connectivity index (χ1v) is 14.5. The van der Waals surface area contributed by atoms with E-state index in [1.807, 2.05) is 6.92 Å². The van der Waals surface area contributed by atoms with Gasteiger partial charge in [-0.15, -0.1) is 0 Å². The van der Waals surface area contributed by atoms with Gasteiger partial charge in [0.2, 0.25) is 0 Å². The third kappa shape index (κ3) is 7.28. The first kappa shape index (κ1) is 31.2. The van der Waals surface area contributed by atoms with E-state index in [0.717, 1.165) is 20.8 Å². The maximum absolute atomic E-state index is 14.1. The van der Waals surface area contributed by atoms with Gasteiger partial charge in [-0.25, -0.2) is 36.3 Å². The van der Waals surface area contributed by atoms with Crippen LogP contribution in [0.3, 0.4) is 0 Å². The molecule has 0 aliphatic heterocycles. The number of thiazole rings is 2. The SMILES string of the molecule is Cc1cnc(Oc2cccc(F)c2-c2cc(C(F)F)no2)s1.Fc1cccc(Oc2ncc(Br)s2)c1-c1cc(C(F)F)no1. The maximum atomic E-state index is 14.1. The van der Waals surface area contributed by atoms with Gasteiger partial charge in [0.25, 0.3) is 23.2 Å². The highest BCUT2D eigenvalue weighted by Crippen LogP contribution is 2.39. The minimum atomic E-state index is -2.80. The number of benzene rings is 2. The quantitative estimate of drug-likeness (QED) is 0.144. The zero-order valence-corrected chi connectivity index (χ0v) is 25.0. The highest BCUT2D eigenvalue weighted by Gasteiger charge is 2.23. The summed E-state index contributed by atoms with van der Waals surface area (Å²) in [6, 6.07) is 10.2. The Bertz CT molecular complexity index is 1740. The number of alkyl halides is 4. The number of hydrogen-bond acceptors (Lipinski definition) is 10. The normalized spacial score (nSPS) is 11.1. The monoisotopic (exact) mass is 716 g/mol. The molecule has 6 aromatic rings. The van der Waals surface area contributed by atoms with E-state index in [0.29, 0.717) is 5.19 Å². The largest absolute Gasteiger partial charge is 0.430 e. The van der Waals surface area contributed by atoms with Crippen LogP contribution in [0.2, 0.25) is 0 Å². The first-order chi connectivity index (χ1) is 21.1. The van der Waals surface area contributed by atoms with Gasteiger partial charge in [-0.05, 0) is 47.1 Å². The lowest BCUT2D eigenvalue weighted by molar-refractivity contribution is 0.140. The number of aromatic nitrogens is 4. The van der Waals surface area contributed by atoms with Crippen LogP contribution in [0.15, 0.2) is 73.8 Å². The van der Waals surface area contributed by atoms with E-state index >= 15 is 0 Å². The Morgan fingerprint density at radius 3 is 1.59 bits per heavy atom. The summed E-state index contributed by atoms with van der Waals surface area (Å²) in [5, 5.41) is 7.03. The number of halogens is 7. The summed E-state index contributed by atoms with van der Waals surface area (Å²) >= 11 is 5.71. The third-order valence-electron chi connectivity index (χ3n) is 5.40. The summed E-state index contributed by atoms with van der Waals surface area (Å²) in [6.07, 6.45) is -2.45. The molecule has 0 aliphatic carbocycles. The van der Waals surface area contributed by atoms with Gasteiger partial charge in [-0.3, -0.25) is 0 Å². The van der Waals surface area contributed by atoms with Gasteiger partial charge in [-0.1, -0.05) is 45.1 Å². The van der Waals surface area contributed by atoms with Crippen molar-refractivity contribution in [2.24, 2.45) is 0 Å². The second-order valence-electron chi connectivity index (χ2n) is 8.43. The van der Waals surface area contributed by atoms with Gasteiger partial charge < -0.3 is 18.5 Å². The molecule has 0 fully saturated rings. The van der Waals surface area contributed by atoms with Crippen molar-refractivity contribution in [2.45, 2.75) is 19.8 Å². The standard InChI is InChI=1S/C14H9F3N2O2S.C13H6BrF3N2O2S/c1-7-6-18-14(22-7)20-10-4-2-3-8(15)12(10)11-5-9(13(16)17)19-21-11;14-10-5-18-13(22-10)20-8-3-1-2-6(15)11(8)9-4-7(12(16)17)19-21-9/h2-6,13H,1H3;1-5,12H. The second-order valence-corrected chi connectivity index (χ2v) is 12.0. The molecule has 0 saturated carbocycles. The molecular formula is C27H15BrF6N4O4S2. The molecule has 4 aromatic heterocycles. The van der Waals surface area contributed by atoms with Gasteiger partial charge in [0, 0.05) is 23.2 Å². The lowest BCUT2D eigenvalue weighted by Gasteiger charge is -2.07. The Morgan fingerprint density at radius 1 is 0.727 bits per heavy atom. The summed E-state index contributed by atoms with van der Waals surface area (Å²) in [5.41, 5.74) is -1.29. The molecule has 0 unspecified atom stereocenters. The molecule has 8 nitrogen and oxygen atoms in total. The van der Waals surface area contributed by atoms with Crippen LogP contribution in [0.1, 0.15) is 29.1 Å². The minimum absolute atomic E-state index is 0.0743. The fourth-order valence-corrected chi connectivity index (χ4v) is 5.18. The van der Waals surface area contributed by atoms with Crippen LogP contribution in [-0.2, 0) is 0 Å². The topological polar surface area (TPSA) is 96.3 Å². The van der Waals surface area contributed by atoms with Gasteiger partial charge in [-0.2, -0.15) is 0 Å². The Hall–Kier alpha value is -4.22. The predicted molar refractivity (Wildman–Crippen MR) is 151 cm³/mol. The van der Waals surface area contributed by atoms with Crippen molar-refractivity contribution in [1.29, 1.82) is 0 Å². The van der Waals surface area contributed by atoms with Gasteiger partial charge >= 0.3 is 0 Å². The number of aryl methyl sites for hydroxylation is 1. The lowest BCUT2D eigenvalue weighted by atomic mass is 10.1. The highest BCUT2D eigenvalue weighted by molar-refractivity contribution is 9.11. The molecule has 228 valence electrons. The van der Waals surface area contributed by atoms with Gasteiger partial charge in [0.15, 0.2) is 11.5 Å². The van der Waals surface area contributed by atoms with Gasteiger partial charge in [0.05, 0.1) is 21.1 Å². The van der Waals surface area contributed by atoms with Crippen molar-refractivity contribution in [3.05, 3.63) is 92.6 Å². The number of ether oxygens (including phenoxy) is 2. The van der Waals surface area contributed by atoms with Crippen LogP contribution < -0.4 is 9.47 Å². The second kappa shape index (κ2) is 13.6. The summed E-state index contributed by atoms with van der Waals surface area (Å²) in [5.74, 6) is -1.39. The van der Waals surface area contributed by atoms with E-state index in [9.17, 15) is 26.3 Å². The number of hydrogen-bond donors (Lipinski definition) is 0. The van der Waals surface area contributed by atoms with Gasteiger partial charge in [0.1, 0.15) is 34.5 Å². The average molecular weight is 717 g/mol. The Kier molecular flexibility index (Phi) is 9.65. The fourth-order valence-electron chi connectivity index (χ4n) is 3.53. The zero-order chi connectivity index (χ0) is 31.4. The molecule has 0 atom stereocenters. The summed E-state index contributed by atoms with van der Waals surface area (Å²) < 4.78 is 99.9. The van der Waals surface area contributed by atoms with Crippen LogP contribution in [-0.4, -0.2) is 20.3 Å². The van der Waals surface area contributed by atoms with Crippen molar-refractivity contribution < 1.29 is 44.9 Å². The van der Waals surface area contributed by atoms with E-state index in [-0.39, 0.29) is 39.3 Å².